The second-order valence-corrected chi connectivity index (χ2v) is 4.51. The van der Waals surface area contributed by atoms with Crippen molar-refractivity contribution >= 4 is 11.6 Å². The molecule has 2 aromatic rings. The van der Waals surface area contributed by atoms with E-state index in [2.05, 4.69) is 0 Å². The Morgan fingerprint density at radius 1 is 1.11 bits per heavy atom. The third kappa shape index (κ3) is 3.63. The van der Waals surface area contributed by atoms with E-state index in [1.807, 2.05) is 36.4 Å². The Balaban J connectivity index is 2.19. The lowest BCUT2D eigenvalue weighted by molar-refractivity contribution is 0.214. The molecular weight excluding hydrogens is 262 g/mol. The number of ether oxygens (including phenoxy) is 2. The standard InChI is InChI=1S/C15H16ClNO2/c1-18-13-6-2-4-11(8-13)15(10-17)19-14-7-3-5-12(16)9-14/h2-9,15H,10,17H2,1H3. The van der Waals surface area contributed by atoms with Crippen molar-refractivity contribution in [2.24, 2.45) is 5.73 Å². The van der Waals surface area contributed by atoms with Crippen LogP contribution in [0.15, 0.2) is 48.5 Å². The molecule has 0 saturated heterocycles. The number of hydrogen-bond donors (Lipinski definition) is 1. The normalized spacial score (nSPS) is 11.9. The highest BCUT2D eigenvalue weighted by Gasteiger charge is 2.12. The minimum Gasteiger partial charge on any atom is -0.497 e. The zero-order valence-corrected chi connectivity index (χ0v) is 11.4. The van der Waals surface area contributed by atoms with Crippen molar-refractivity contribution in [2.75, 3.05) is 13.7 Å². The minimum absolute atomic E-state index is 0.228. The summed E-state index contributed by atoms with van der Waals surface area (Å²) < 4.78 is 11.1. The summed E-state index contributed by atoms with van der Waals surface area (Å²) in [5, 5.41) is 0.638. The molecule has 1 unspecified atom stereocenters. The summed E-state index contributed by atoms with van der Waals surface area (Å²) in [5.41, 5.74) is 6.76. The highest BCUT2D eigenvalue weighted by atomic mass is 35.5. The average molecular weight is 278 g/mol. The minimum atomic E-state index is -0.228. The lowest BCUT2D eigenvalue weighted by Crippen LogP contribution is -2.18. The molecule has 0 bridgehead atoms. The van der Waals surface area contributed by atoms with Crippen molar-refractivity contribution in [2.45, 2.75) is 6.10 Å². The molecule has 1 atom stereocenters. The summed E-state index contributed by atoms with van der Waals surface area (Å²) in [7, 11) is 1.63. The molecule has 2 aromatic carbocycles. The summed E-state index contributed by atoms with van der Waals surface area (Å²) in [4.78, 5) is 0. The largest absolute Gasteiger partial charge is 0.497 e. The van der Waals surface area contributed by atoms with Crippen molar-refractivity contribution in [3.05, 3.63) is 59.1 Å². The van der Waals surface area contributed by atoms with Crippen molar-refractivity contribution in [1.29, 1.82) is 0 Å². The van der Waals surface area contributed by atoms with E-state index in [-0.39, 0.29) is 6.10 Å². The molecule has 0 aliphatic carbocycles. The molecule has 100 valence electrons. The molecule has 0 saturated carbocycles. The van der Waals surface area contributed by atoms with E-state index in [4.69, 9.17) is 26.8 Å². The van der Waals surface area contributed by atoms with Crippen molar-refractivity contribution in [3.8, 4) is 11.5 Å². The van der Waals surface area contributed by atoms with Crippen LogP contribution >= 0.6 is 11.6 Å². The fourth-order valence-corrected chi connectivity index (χ4v) is 1.98. The maximum atomic E-state index is 5.93. The van der Waals surface area contributed by atoms with E-state index in [0.29, 0.717) is 17.3 Å². The molecule has 19 heavy (non-hydrogen) atoms. The number of benzene rings is 2. The SMILES string of the molecule is COc1cccc(C(CN)Oc2cccc(Cl)c2)c1. The van der Waals surface area contributed by atoms with Crippen LogP contribution in [0.2, 0.25) is 5.02 Å². The second kappa shape index (κ2) is 6.45. The van der Waals surface area contributed by atoms with E-state index < -0.39 is 0 Å². The average Bonchev–Trinajstić information content (AvgIpc) is 2.45. The van der Waals surface area contributed by atoms with Crippen LogP contribution in [0.4, 0.5) is 0 Å². The molecule has 0 spiro atoms. The summed E-state index contributed by atoms with van der Waals surface area (Å²) >= 11 is 5.93. The van der Waals surface area contributed by atoms with Crippen molar-refractivity contribution in [1.82, 2.24) is 0 Å². The van der Waals surface area contributed by atoms with Gasteiger partial charge in [-0.05, 0) is 35.9 Å². The van der Waals surface area contributed by atoms with E-state index in [0.717, 1.165) is 11.3 Å². The summed E-state index contributed by atoms with van der Waals surface area (Å²) in [6.07, 6.45) is -0.228. The molecule has 0 amide bonds. The lowest BCUT2D eigenvalue weighted by atomic mass is 10.1. The Hall–Kier alpha value is -1.71. The van der Waals surface area contributed by atoms with Gasteiger partial charge in [0.2, 0.25) is 0 Å². The topological polar surface area (TPSA) is 44.5 Å². The van der Waals surface area contributed by atoms with E-state index in [1.165, 1.54) is 0 Å². The Bertz CT molecular complexity index is 545. The van der Waals surface area contributed by atoms with Crippen molar-refractivity contribution in [3.63, 3.8) is 0 Å². The van der Waals surface area contributed by atoms with Crippen LogP contribution in [0.1, 0.15) is 11.7 Å². The van der Waals surface area contributed by atoms with Crippen LogP contribution in [-0.2, 0) is 0 Å². The van der Waals surface area contributed by atoms with Gasteiger partial charge in [-0.1, -0.05) is 29.8 Å². The third-order valence-electron chi connectivity index (χ3n) is 2.75. The van der Waals surface area contributed by atoms with Gasteiger partial charge in [-0.25, -0.2) is 0 Å². The second-order valence-electron chi connectivity index (χ2n) is 4.08. The fourth-order valence-electron chi connectivity index (χ4n) is 1.80. The van der Waals surface area contributed by atoms with Gasteiger partial charge in [0, 0.05) is 11.6 Å². The van der Waals surface area contributed by atoms with Crippen LogP contribution in [0.3, 0.4) is 0 Å². The maximum absolute atomic E-state index is 5.93. The first-order valence-electron chi connectivity index (χ1n) is 5.99. The molecule has 0 radical (unpaired) electrons. The number of rotatable bonds is 5. The molecule has 0 aromatic heterocycles. The molecule has 0 heterocycles. The van der Waals surface area contributed by atoms with Gasteiger partial charge in [0.15, 0.2) is 0 Å². The maximum Gasteiger partial charge on any atom is 0.136 e. The first kappa shape index (κ1) is 13.7. The van der Waals surface area contributed by atoms with Gasteiger partial charge in [-0.3, -0.25) is 0 Å². The molecule has 0 fully saturated rings. The highest BCUT2D eigenvalue weighted by Crippen LogP contribution is 2.25. The van der Waals surface area contributed by atoms with Gasteiger partial charge >= 0.3 is 0 Å². The monoisotopic (exact) mass is 277 g/mol. The van der Waals surface area contributed by atoms with Crippen LogP contribution < -0.4 is 15.2 Å². The molecule has 2 N–H and O–H groups in total. The smallest absolute Gasteiger partial charge is 0.136 e. The predicted octanol–water partition coefficient (Wildman–Crippen LogP) is 3.43. The first-order chi connectivity index (χ1) is 9.22. The number of nitrogens with two attached hydrogens (primary N) is 1. The summed E-state index contributed by atoms with van der Waals surface area (Å²) in [5.74, 6) is 1.48. The highest BCUT2D eigenvalue weighted by molar-refractivity contribution is 6.30. The van der Waals surface area contributed by atoms with Gasteiger partial charge in [0.05, 0.1) is 7.11 Å². The van der Waals surface area contributed by atoms with E-state index in [9.17, 15) is 0 Å². The number of hydrogen-bond acceptors (Lipinski definition) is 3. The van der Waals surface area contributed by atoms with Gasteiger partial charge in [0.1, 0.15) is 17.6 Å². The molecule has 0 aliphatic rings. The van der Waals surface area contributed by atoms with Gasteiger partial charge in [-0.15, -0.1) is 0 Å². The Morgan fingerprint density at radius 3 is 2.53 bits per heavy atom. The Morgan fingerprint density at radius 2 is 1.84 bits per heavy atom. The third-order valence-corrected chi connectivity index (χ3v) is 2.99. The fraction of sp³-hybridized carbons (Fsp3) is 0.200. The lowest BCUT2D eigenvalue weighted by Gasteiger charge is -2.18. The van der Waals surface area contributed by atoms with Gasteiger partial charge < -0.3 is 15.2 Å². The van der Waals surface area contributed by atoms with Crippen LogP contribution in [-0.4, -0.2) is 13.7 Å². The summed E-state index contributed by atoms with van der Waals surface area (Å²) in [6.45, 7) is 0.375. The summed E-state index contributed by atoms with van der Waals surface area (Å²) in [6, 6.07) is 15.0. The molecule has 0 aliphatic heterocycles. The van der Waals surface area contributed by atoms with Crippen molar-refractivity contribution < 1.29 is 9.47 Å². The molecule has 2 rings (SSSR count). The van der Waals surface area contributed by atoms with E-state index >= 15 is 0 Å². The van der Waals surface area contributed by atoms with E-state index in [1.54, 1.807) is 19.2 Å². The van der Waals surface area contributed by atoms with Crippen LogP contribution in [0.25, 0.3) is 0 Å². The molecular formula is C15H16ClNO2. The molecule has 3 nitrogen and oxygen atoms in total. The Labute approximate surface area is 117 Å². The van der Waals surface area contributed by atoms with Crippen LogP contribution in [0, 0.1) is 0 Å². The predicted molar refractivity (Wildman–Crippen MR) is 76.9 cm³/mol. The van der Waals surface area contributed by atoms with Gasteiger partial charge in [0.25, 0.3) is 0 Å². The number of methoxy groups -OCH3 is 1. The Kier molecular flexibility index (Phi) is 4.66. The number of halogens is 1. The quantitative estimate of drug-likeness (QED) is 0.911. The van der Waals surface area contributed by atoms with Gasteiger partial charge in [-0.2, -0.15) is 0 Å². The zero-order chi connectivity index (χ0) is 13.7. The zero-order valence-electron chi connectivity index (χ0n) is 10.7. The van der Waals surface area contributed by atoms with Crippen LogP contribution in [0.5, 0.6) is 11.5 Å². The first-order valence-corrected chi connectivity index (χ1v) is 6.37. The molecule has 4 heteroatoms.